The quantitative estimate of drug-likeness (QED) is 0.407. The maximum atomic E-state index is 5.86. The minimum atomic E-state index is 0.453. The zero-order valence-corrected chi connectivity index (χ0v) is 17.9. The molecule has 5 heteroatoms. The number of piperidine rings is 1. The highest BCUT2D eigenvalue weighted by Crippen LogP contribution is 2.30. The third kappa shape index (κ3) is 6.54. The van der Waals surface area contributed by atoms with Gasteiger partial charge in [-0.3, -0.25) is 9.88 Å². The molecule has 0 spiro atoms. The molecule has 1 aliphatic heterocycles. The average molecular weight is 419 g/mol. The number of hydrogen-bond acceptors (Lipinski definition) is 5. The minimum absolute atomic E-state index is 0.453. The lowest BCUT2D eigenvalue weighted by Crippen LogP contribution is -2.36. The van der Waals surface area contributed by atoms with Gasteiger partial charge >= 0.3 is 0 Å². The van der Waals surface area contributed by atoms with E-state index in [-0.39, 0.29) is 0 Å². The summed E-state index contributed by atoms with van der Waals surface area (Å²) in [6, 6.07) is 22.1. The molecule has 31 heavy (non-hydrogen) atoms. The average Bonchev–Trinajstić information content (AvgIpc) is 2.83. The maximum absolute atomic E-state index is 5.86. The fraction of sp³-hybridized carbons (Fsp3) is 0.346. The molecule has 0 N–H and O–H groups in total. The molecule has 2 aromatic carbocycles. The highest BCUT2D eigenvalue weighted by atomic mass is 16.5. The third-order valence-electron chi connectivity index (χ3n) is 5.49. The van der Waals surface area contributed by atoms with Crippen LogP contribution >= 0.6 is 0 Å². The molecule has 162 valence electrons. The molecular formula is C26H30N2O3. The van der Waals surface area contributed by atoms with Gasteiger partial charge in [-0.25, -0.2) is 0 Å². The van der Waals surface area contributed by atoms with Crippen LogP contribution in [0.1, 0.15) is 30.9 Å². The van der Waals surface area contributed by atoms with Crippen molar-refractivity contribution >= 4 is 0 Å². The van der Waals surface area contributed by atoms with Crippen molar-refractivity contribution in [1.29, 1.82) is 0 Å². The van der Waals surface area contributed by atoms with E-state index >= 15 is 0 Å². The molecule has 1 atom stereocenters. The third-order valence-corrected chi connectivity index (χ3v) is 5.49. The van der Waals surface area contributed by atoms with Gasteiger partial charge in [0, 0.05) is 31.0 Å². The lowest BCUT2D eigenvalue weighted by atomic mass is 9.96. The van der Waals surface area contributed by atoms with Crippen molar-refractivity contribution in [2.24, 2.45) is 0 Å². The Balaban J connectivity index is 1.17. The molecule has 0 bridgehead atoms. The van der Waals surface area contributed by atoms with Crippen LogP contribution in [0.15, 0.2) is 79.1 Å². The van der Waals surface area contributed by atoms with Crippen LogP contribution in [0.25, 0.3) is 0 Å². The van der Waals surface area contributed by atoms with Crippen molar-refractivity contribution < 1.29 is 14.2 Å². The molecule has 2 heterocycles. The summed E-state index contributed by atoms with van der Waals surface area (Å²) in [7, 11) is 0. The number of aromatic nitrogens is 1. The number of rotatable bonds is 10. The number of ether oxygens (including phenoxy) is 3. The Hall–Kier alpha value is -2.89. The smallest absolute Gasteiger partial charge is 0.131 e. The first-order valence-corrected chi connectivity index (χ1v) is 11.1. The lowest BCUT2D eigenvalue weighted by molar-refractivity contribution is 0.0571. The predicted molar refractivity (Wildman–Crippen MR) is 122 cm³/mol. The number of pyridine rings is 1. The molecule has 0 unspecified atom stereocenters. The van der Waals surface area contributed by atoms with Crippen LogP contribution in [-0.2, 0) is 4.74 Å². The van der Waals surface area contributed by atoms with Gasteiger partial charge in [-0.05, 0) is 55.3 Å². The van der Waals surface area contributed by atoms with E-state index in [1.807, 2.05) is 73.1 Å². The molecule has 1 fully saturated rings. The number of para-hydroxylation sites is 1. The Morgan fingerprint density at radius 3 is 2.58 bits per heavy atom. The second-order valence-electron chi connectivity index (χ2n) is 7.68. The number of likely N-dealkylation sites (tertiary alicyclic amines) is 1. The van der Waals surface area contributed by atoms with E-state index in [2.05, 4.69) is 16.0 Å². The van der Waals surface area contributed by atoms with Crippen LogP contribution in [0, 0.1) is 0 Å². The summed E-state index contributed by atoms with van der Waals surface area (Å²) < 4.78 is 17.6. The van der Waals surface area contributed by atoms with Crippen molar-refractivity contribution in [1.82, 2.24) is 9.88 Å². The molecule has 3 aromatic rings. The summed E-state index contributed by atoms with van der Waals surface area (Å²) in [5, 5.41) is 0. The number of nitrogens with zero attached hydrogens (tertiary/aromatic N) is 2. The Morgan fingerprint density at radius 2 is 1.71 bits per heavy atom. The van der Waals surface area contributed by atoms with Gasteiger partial charge in [0.2, 0.25) is 0 Å². The van der Waals surface area contributed by atoms with Gasteiger partial charge < -0.3 is 14.2 Å². The molecule has 0 saturated carbocycles. The second-order valence-corrected chi connectivity index (χ2v) is 7.68. The van der Waals surface area contributed by atoms with Crippen molar-refractivity contribution in [3.63, 3.8) is 0 Å². The molecule has 0 aliphatic carbocycles. The van der Waals surface area contributed by atoms with Crippen LogP contribution in [0.3, 0.4) is 0 Å². The summed E-state index contributed by atoms with van der Waals surface area (Å²) in [5.41, 5.74) is 1.31. The van der Waals surface area contributed by atoms with Crippen molar-refractivity contribution in [2.45, 2.75) is 25.3 Å². The summed E-state index contributed by atoms with van der Waals surface area (Å²) in [5.74, 6) is 2.35. The van der Waals surface area contributed by atoms with Gasteiger partial charge in [0.25, 0.3) is 0 Å². The van der Waals surface area contributed by atoms with Crippen molar-refractivity contribution in [2.75, 3.05) is 32.9 Å². The molecule has 0 radical (unpaired) electrons. The predicted octanol–water partition coefficient (Wildman–Crippen LogP) is 5.50. The van der Waals surface area contributed by atoms with E-state index in [1.54, 1.807) is 0 Å². The zero-order valence-electron chi connectivity index (χ0n) is 17.9. The lowest BCUT2D eigenvalue weighted by Gasteiger charge is -2.35. The van der Waals surface area contributed by atoms with Crippen LogP contribution in [-0.4, -0.2) is 42.8 Å². The molecule has 0 amide bonds. The summed E-state index contributed by atoms with van der Waals surface area (Å²) >= 11 is 0. The SMILES string of the molecule is c1ccc(Oc2cccc(OCCOCCN3CCCC[C@H]3c3cccnc3)c2)cc1. The Labute approximate surface area is 184 Å². The molecule has 5 nitrogen and oxygen atoms in total. The summed E-state index contributed by atoms with van der Waals surface area (Å²) in [6.45, 7) is 3.83. The van der Waals surface area contributed by atoms with Crippen molar-refractivity contribution in [3.05, 3.63) is 84.7 Å². The largest absolute Gasteiger partial charge is 0.491 e. The molecule has 4 rings (SSSR count). The topological polar surface area (TPSA) is 43.8 Å². The highest BCUT2D eigenvalue weighted by Gasteiger charge is 2.23. The normalized spacial score (nSPS) is 16.7. The molecular weight excluding hydrogens is 388 g/mol. The summed E-state index contributed by atoms with van der Waals surface area (Å²) in [4.78, 5) is 6.81. The molecule has 1 aliphatic rings. The number of hydrogen-bond donors (Lipinski definition) is 0. The Kier molecular flexibility index (Phi) is 7.91. The van der Waals surface area contributed by atoms with Gasteiger partial charge in [-0.1, -0.05) is 36.8 Å². The van der Waals surface area contributed by atoms with E-state index in [9.17, 15) is 0 Å². The van der Waals surface area contributed by atoms with Gasteiger partial charge in [0.1, 0.15) is 23.9 Å². The first-order valence-electron chi connectivity index (χ1n) is 11.1. The second kappa shape index (κ2) is 11.5. The van der Waals surface area contributed by atoms with E-state index in [0.29, 0.717) is 25.9 Å². The van der Waals surface area contributed by atoms with Crippen LogP contribution in [0.4, 0.5) is 0 Å². The number of benzene rings is 2. The van der Waals surface area contributed by atoms with Gasteiger partial charge in [0.05, 0.1) is 13.2 Å². The standard InChI is InChI=1S/C26H30N2O3/c1-2-9-23(10-3-1)31-25-12-6-11-24(20-25)30-19-18-29-17-16-28-15-5-4-13-26(28)22-8-7-14-27-21-22/h1-3,6-12,14,20-21,26H,4-5,13,15-19H2/t26-/m0/s1. The Bertz CT molecular complexity index is 905. The maximum Gasteiger partial charge on any atom is 0.131 e. The minimum Gasteiger partial charge on any atom is -0.491 e. The molecule has 1 saturated heterocycles. The fourth-order valence-electron chi connectivity index (χ4n) is 3.96. The van der Waals surface area contributed by atoms with Gasteiger partial charge in [0.15, 0.2) is 0 Å². The van der Waals surface area contributed by atoms with Gasteiger partial charge in [-0.15, -0.1) is 0 Å². The van der Waals surface area contributed by atoms with Crippen LogP contribution in [0.5, 0.6) is 17.2 Å². The fourth-order valence-corrected chi connectivity index (χ4v) is 3.96. The Morgan fingerprint density at radius 1 is 0.839 bits per heavy atom. The van der Waals surface area contributed by atoms with Gasteiger partial charge in [-0.2, -0.15) is 0 Å². The molecule has 1 aromatic heterocycles. The van der Waals surface area contributed by atoms with E-state index in [4.69, 9.17) is 14.2 Å². The summed E-state index contributed by atoms with van der Waals surface area (Å²) in [6.07, 6.45) is 7.55. The zero-order chi connectivity index (χ0) is 21.1. The van der Waals surface area contributed by atoms with E-state index < -0.39 is 0 Å². The monoisotopic (exact) mass is 418 g/mol. The van der Waals surface area contributed by atoms with E-state index in [1.165, 1.54) is 24.8 Å². The van der Waals surface area contributed by atoms with Crippen LogP contribution < -0.4 is 9.47 Å². The van der Waals surface area contributed by atoms with Crippen LogP contribution in [0.2, 0.25) is 0 Å². The first kappa shape index (κ1) is 21.3. The van der Waals surface area contributed by atoms with E-state index in [0.717, 1.165) is 30.3 Å². The first-order chi connectivity index (χ1) is 15.4. The highest BCUT2D eigenvalue weighted by molar-refractivity contribution is 5.36. The van der Waals surface area contributed by atoms with Crippen molar-refractivity contribution in [3.8, 4) is 17.2 Å².